The average molecular weight is 514 g/mol. The minimum Gasteiger partial charge on any atom is -0.271 e. The molecule has 0 spiro atoms. The summed E-state index contributed by atoms with van der Waals surface area (Å²) in [4.78, 5) is 0. The summed E-state index contributed by atoms with van der Waals surface area (Å²) in [5.74, 6) is 5.43. The topological polar surface area (TPSA) is 38.0 Å². The van der Waals surface area contributed by atoms with Gasteiger partial charge in [-0.2, -0.15) is 0 Å². The molecule has 2 aromatic carbocycles. The van der Waals surface area contributed by atoms with E-state index in [-0.39, 0.29) is 11.9 Å². The van der Waals surface area contributed by atoms with Crippen molar-refractivity contribution < 1.29 is 4.39 Å². The predicted molar refractivity (Wildman–Crippen MR) is 94.7 cm³/mol. The molecule has 1 unspecified atom stereocenters. The van der Waals surface area contributed by atoms with Gasteiger partial charge in [-0.05, 0) is 76.5 Å². The zero-order valence-corrected chi connectivity index (χ0v) is 15.7. The van der Waals surface area contributed by atoms with Crippen molar-refractivity contribution >= 4 is 54.5 Å². The monoisotopic (exact) mass is 512 g/mol. The van der Waals surface area contributed by atoms with Crippen molar-refractivity contribution in [3.8, 4) is 0 Å². The minimum absolute atomic E-state index is 0.0856. The van der Waals surface area contributed by atoms with E-state index in [9.17, 15) is 4.39 Å². The van der Waals surface area contributed by atoms with E-state index in [1.54, 1.807) is 6.07 Å². The summed E-state index contributed by atoms with van der Waals surface area (Å²) in [6, 6.07) is 10.6. The van der Waals surface area contributed by atoms with Gasteiger partial charge in [-0.15, -0.1) is 0 Å². The van der Waals surface area contributed by atoms with Gasteiger partial charge >= 0.3 is 0 Å². The summed E-state index contributed by atoms with van der Waals surface area (Å²) in [6.45, 7) is 0. The normalized spacial score (nSPS) is 12.4. The molecule has 0 aliphatic carbocycles. The molecule has 0 aliphatic heterocycles. The van der Waals surface area contributed by atoms with Crippen LogP contribution in [0.4, 0.5) is 4.39 Å². The van der Waals surface area contributed by atoms with Crippen LogP contribution in [0, 0.1) is 9.39 Å². The molecule has 0 aliphatic rings. The number of nitrogens with one attached hydrogen (secondary N) is 1. The molecule has 106 valence electrons. The van der Waals surface area contributed by atoms with Crippen molar-refractivity contribution in [2.24, 2.45) is 5.84 Å². The summed E-state index contributed by atoms with van der Waals surface area (Å²) in [5, 5.41) is 0. The maximum atomic E-state index is 13.4. The Hall–Kier alpha value is -0.0200. The summed E-state index contributed by atoms with van der Waals surface area (Å²) in [5.41, 5.74) is 4.77. The molecule has 2 rings (SSSR count). The molecule has 0 amide bonds. The first-order valence-electron chi connectivity index (χ1n) is 5.86. The van der Waals surface area contributed by atoms with Gasteiger partial charge in [0.1, 0.15) is 5.82 Å². The molecule has 0 bridgehead atoms. The number of halogens is 4. The fraction of sp³-hybridized carbons (Fsp3) is 0.143. The van der Waals surface area contributed by atoms with Crippen LogP contribution in [0.5, 0.6) is 0 Å². The SMILES string of the molecule is NNC(Cc1cc(F)ccc1Br)c1cc(Br)ccc1I. The summed E-state index contributed by atoms with van der Waals surface area (Å²) in [6.07, 6.45) is 0.599. The van der Waals surface area contributed by atoms with Crippen LogP contribution in [-0.2, 0) is 6.42 Å². The van der Waals surface area contributed by atoms with Crippen molar-refractivity contribution in [3.05, 3.63) is 65.9 Å². The minimum atomic E-state index is -0.247. The zero-order valence-electron chi connectivity index (χ0n) is 10.3. The molecule has 0 fully saturated rings. The molecule has 1 atom stereocenters. The second kappa shape index (κ2) is 7.31. The largest absolute Gasteiger partial charge is 0.271 e. The van der Waals surface area contributed by atoms with Gasteiger partial charge in [-0.25, -0.2) is 4.39 Å². The lowest BCUT2D eigenvalue weighted by Crippen LogP contribution is -2.30. The van der Waals surface area contributed by atoms with E-state index in [0.717, 1.165) is 23.6 Å². The highest BCUT2D eigenvalue weighted by molar-refractivity contribution is 14.1. The van der Waals surface area contributed by atoms with Crippen LogP contribution in [0.25, 0.3) is 0 Å². The highest BCUT2D eigenvalue weighted by atomic mass is 127. The standard InChI is InChI=1S/C14H12Br2FIN2/c15-9-1-4-13(18)11(7-9)14(20-19)6-8-5-10(17)2-3-12(8)16/h1-5,7,14,20H,6,19H2. The predicted octanol–water partition coefficient (Wildman–Crippen LogP) is 4.70. The highest BCUT2D eigenvalue weighted by Crippen LogP contribution is 2.28. The van der Waals surface area contributed by atoms with E-state index in [1.165, 1.54) is 12.1 Å². The second-order valence-electron chi connectivity index (χ2n) is 4.32. The van der Waals surface area contributed by atoms with E-state index in [0.29, 0.717) is 6.42 Å². The van der Waals surface area contributed by atoms with Gasteiger partial charge in [-0.3, -0.25) is 11.3 Å². The number of benzene rings is 2. The Bertz CT molecular complexity index is 622. The van der Waals surface area contributed by atoms with E-state index in [4.69, 9.17) is 5.84 Å². The first-order chi connectivity index (χ1) is 9.51. The molecule has 2 aromatic rings. The molecule has 0 heterocycles. The molecule has 0 radical (unpaired) electrons. The van der Waals surface area contributed by atoms with Crippen molar-refractivity contribution in [1.82, 2.24) is 5.43 Å². The Morgan fingerprint density at radius 1 is 1.20 bits per heavy atom. The molecule has 2 nitrogen and oxygen atoms in total. The number of hydrazine groups is 1. The number of hydrogen-bond donors (Lipinski definition) is 2. The van der Waals surface area contributed by atoms with Gasteiger partial charge in [0.15, 0.2) is 0 Å². The maximum Gasteiger partial charge on any atom is 0.123 e. The molecular weight excluding hydrogens is 502 g/mol. The number of nitrogens with two attached hydrogens (primary N) is 1. The van der Waals surface area contributed by atoms with Crippen LogP contribution < -0.4 is 11.3 Å². The molecule has 6 heteroatoms. The Labute approximate surface area is 147 Å². The van der Waals surface area contributed by atoms with Gasteiger partial charge in [0.05, 0.1) is 6.04 Å². The summed E-state index contributed by atoms with van der Waals surface area (Å²) < 4.78 is 16.3. The lowest BCUT2D eigenvalue weighted by atomic mass is 9.99. The Kier molecular flexibility index (Phi) is 5.97. The van der Waals surface area contributed by atoms with Crippen molar-refractivity contribution in [2.75, 3.05) is 0 Å². The fourth-order valence-corrected chi connectivity index (χ4v) is 3.46. The lowest BCUT2D eigenvalue weighted by Gasteiger charge is -2.19. The van der Waals surface area contributed by atoms with Crippen LogP contribution in [0.2, 0.25) is 0 Å². The van der Waals surface area contributed by atoms with E-state index < -0.39 is 0 Å². The van der Waals surface area contributed by atoms with Gasteiger partial charge in [0.25, 0.3) is 0 Å². The van der Waals surface area contributed by atoms with Crippen LogP contribution in [0.1, 0.15) is 17.2 Å². The maximum absolute atomic E-state index is 13.4. The Morgan fingerprint density at radius 2 is 1.95 bits per heavy atom. The van der Waals surface area contributed by atoms with Crippen molar-refractivity contribution in [3.63, 3.8) is 0 Å². The first-order valence-corrected chi connectivity index (χ1v) is 8.52. The Balaban J connectivity index is 2.33. The molecule has 3 N–H and O–H groups in total. The van der Waals surface area contributed by atoms with Gasteiger partial charge in [0.2, 0.25) is 0 Å². The van der Waals surface area contributed by atoms with Gasteiger partial charge in [-0.1, -0.05) is 31.9 Å². The van der Waals surface area contributed by atoms with Crippen LogP contribution in [-0.4, -0.2) is 0 Å². The van der Waals surface area contributed by atoms with Gasteiger partial charge < -0.3 is 0 Å². The summed E-state index contributed by atoms with van der Waals surface area (Å²) in [7, 11) is 0. The smallest absolute Gasteiger partial charge is 0.123 e. The van der Waals surface area contributed by atoms with Crippen molar-refractivity contribution in [1.29, 1.82) is 0 Å². The fourth-order valence-electron chi connectivity index (χ4n) is 1.96. The number of rotatable bonds is 4. The third-order valence-corrected chi connectivity index (χ3v) is 5.22. The van der Waals surface area contributed by atoms with E-state index >= 15 is 0 Å². The van der Waals surface area contributed by atoms with Crippen LogP contribution in [0.15, 0.2) is 45.3 Å². The molecule has 0 saturated carbocycles. The third-order valence-electron chi connectivity index (χ3n) is 2.97. The summed E-state index contributed by atoms with van der Waals surface area (Å²) >= 11 is 9.18. The van der Waals surface area contributed by atoms with Crippen LogP contribution in [0.3, 0.4) is 0 Å². The molecule has 0 aromatic heterocycles. The Morgan fingerprint density at radius 3 is 2.65 bits per heavy atom. The van der Waals surface area contributed by atoms with Crippen LogP contribution >= 0.6 is 54.5 Å². The van der Waals surface area contributed by atoms with E-state index in [1.807, 2.05) is 18.2 Å². The molecule has 0 saturated heterocycles. The quantitative estimate of drug-likeness (QED) is 0.353. The molecule has 20 heavy (non-hydrogen) atoms. The van der Waals surface area contributed by atoms with Gasteiger partial charge in [0, 0.05) is 12.5 Å². The average Bonchev–Trinajstić information content (AvgIpc) is 2.42. The number of hydrogen-bond acceptors (Lipinski definition) is 2. The van der Waals surface area contributed by atoms with E-state index in [2.05, 4.69) is 59.9 Å². The first kappa shape index (κ1) is 16.4. The third kappa shape index (κ3) is 4.00. The lowest BCUT2D eigenvalue weighted by molar-refractivity contribution is 0.545. The second-order valence-corrected chi connectivity index (χ2v) is 7.26. The van der Waals surface area contributed by atoms with Crippen molar-refractivity contribution in [2.45, 2.75) is 12.5 Å². The highest BCUT2D eigenvalue weighted by Gasteiger charge is 2.16. The molecular formula is C14H12Br2FIN2. The zero-order chi connectivity index (χ0) is 14.7.